The number of hydrogen-bond acceptors (Lipinski definition) is 3. The van der Waals surface area contributed by atoms with Crippen molar-refractivity contribution in [2.24, 2.45) is 0 Å². The van der Waals surface area contributed by atoms with Crippen LogP contribution in [0.15, 0.2) is 6.20 Å². The average molecular weight is 207 g/mol. The molecule has 1 aromatic rings. The third kappa shape index (κ3) is 1.54. The minimum Gasteiger partial charge on any atom is -0.310 e. The molecular formula is C10H13N3O2. The van der Waals surface area contributed by atoms with Crippen molar-refractivity contribution in [2.75, 3.05) is 5.32 Å². The van der Waals surface area contributed by atoms with E-state index in [1.54, 1.807) is 6.20 Å². The topological polar surface area (TPSA) is 64.0 Å². The van der Waals surface area contributed by atoms with Crippen molar-refractivity contribution in [3.63, 3.8) is 0 Å². The molecule has 0 fully saturated rings. The summed E-state index contributed by atoms with van der Waals surface area (Å²) in [5.74, 6) is 0.325. The highest BCUT2D eigenvalue weighted by Gasteiger charge is 2.26. The Balaban J connectivity index is 2.45. The molecule has 2 rings (SSSR count). The van der Waals surface area contributed by atoms with Crippen LogP contribution in [0.1, 0.15) is 43.0 Å². The van der Waals surface area contributed by atoms with E-state index in [1.807, 2.05) is 6.92 Å². The summed E-state index contributed by atoms with van der Waals surface area (Å²) in [5, 5.41) is 6.69. The highest BCUT2D eigenvalue weighted by Crippen LogP contribution is 2.28. The SMILES string of the molecule is CCC(C)c1cnn2c1NC(=O)CC2=O. The molecule has 1 amide bonds. The zero-order valence-corrected chi connectivity index (χ0v) is 8.78. The van der Waals surface area contributed by atoms with E-state index in [0.29, 0.717) is 11.7 Å². The molecule has 1 atom stereocenters. The Morgan fingerprint density at radius 3 is 3.00 bits per heavy atom. The van der Waals surface area contributed by atoms with E-state index < -0.39 is 0 Å². The Morgan fingerprint density at radius 1 is 1.60 bits per heavy atom. The maximum atomic E-state index is 11.5. The molecule has 1 aliphatic rings. The lowest BCUT2D eigenvalue weighted by atomic mass is 10.0. The van der Waals surface area contributed by atoms with Gasteiger partial charge in [-0.2, -0.15) is 9.78 Å². The number of aromatic nitrogens is 2. The highest BCUT2D eigenvalue weighted by atomic mass is 16.2. The summed E-state index contributed by atoms with van der Waals surface area (Å²) >= 11 is 0. The minimum atomic E-state index is -0.261. The van der Waals surface area contributed by atoms with Crippen LogP contribution in [0.25, 0.3) is 0 Å². The maximum Gasteiger partial charge on any atom is 0.258 e. The van der Waals surface area contributed by atoms with Crippen molar-refractivity contribution in [3.8, 4) is 0 Å². The van der Waals surface area contributed by atoms with Gasteiger partial charge in [-0.05, 0) is 12.3 Å². The van der Waals surface area contributed by atoms with Gasteiger partial charge in [0.05, 0.1) is 6.20 Å². The predicted octanol–water partition coefficient (Wildman–Crippen LogP) is 1.38. The van der Waals surface area contributed by atoms with Gasteiger partial charge in [0.1, 0.15) is 12.2 Å². The molecule has 15 heavy (non-hydrogen) atoms. The number of nitrogens with zero attached hydrogens (tertiary/aromatic N) is 2. The molecule has 0 radical (unpaired) electrons. The molecule has 0 aromatic carbocycles. The van der Waals surface area contributed by atoms with E-state index in [0.717, 1.165) is 12.0 Å². The molecule has 0 spiro atoms. The number of nitrogens with one attached hydrogen (secondary N) is 1. The second kappa shape index (κ2) is 3.49. The predicted molar refractivity (Wildman–Crippen MR) is 54.8 cm³/mol. The molecule has 0 bridgehead atoms. The first-order chi connectivity index (χ1) is 7.13. The van der Waals surface area contributed by atoms with Crippen LogP contribution >= 0.6 is 0 Å². The van der Waals surface area contributed by atoms with Gasteiger partial charge in [-0.1, -0.05) is 13.8 Å². The third-order valence-corrected chi connectivity index (χ3v) is 2.75. The van der Waals surface area contributed by atoms with Crippen LogP contribution in [-0.4, -0.2) is 21.6 Å². The number of amides is 1. The fraction of sp³-hybridized carbons (Fsp3) is 0.500. The van der Waals surface area contributed by atoms with Gasteiger partial charge in [0, 0.05) is 5.56 Å². The average Bonchev–Trinajstić information content (AvgIpc) is 2.60. The van der Waals surface area contributed by atoms with E-state index in [2.05, 4.69) is 17.3 Å². The Bertz CT molecular complexity index is 422. The first kappa shape index (κ1) is 9.89. The maximum absolute atomic E-state index is 11.5. The molecule has 5 nitrogen and oxygen atoms in total. The number of hydrogen-bond donors (Lipinski definition) is 1. The molecule has 0 aliphatic carbocycles. The monoisotopic (exact) mass is 207 g/mol. The third-order valence-electron chi connectivity index (χ3n) is 2.75. The molecular weight excluding hydrogens is 194 g/mol. The summed E-state index contributed by atoms with van der Waals surface area (Å²) in [7, 11) is 0. The summed E-state index contributed by atoms with van der Waals surface area (Å²) < 4.78 is 1.28. The Kier molecular flexibility index (Phi) is 2.30. The molecule has 1 aromatic heterocycles. The molecule has 5 heteroatoms. The van der Waals surface area contributed by atoms with Gasteiger partial charge in [-0.25, -0.2) is 0 Å². The van der Waals surface area contributed by atoms with E-state index in [-0.39, 0.29) is 18.2 Å². The summed E-state index contributed by atoms with van der Waals surface area (Å²) in [4.78, 5) is 22.7. The van der Waals surface area contributed by atoms with Crippen LogP contribution in [-0.2, 0) is 4.79 Å². The fourth-order valence-electron chi connectivity index (χ4n) is 1.64. The van der Waals surface area contributed by atoms with Crippen molar-refractivity contribution in [2.45, 2.75) is 32.6 Å². The molecule has 0 saturated heterocycles. The molecule has 1 unspecified atom stereocenters. The second-order valence-electron chi connectivity index (χ2n) is 3.79. The van der Waals surface area contributed by atoms with Crippen LogP contribution in [0.5, 0.6) is 0 Å². The van der Waals surface area contributed by atoms with Gasteiger partial charge in [0.15, 0.2) is 0 Å². The molecule has 1 aliphatic heterocycles. The number of carbonyl (C=O) groups excluding carboxylic acids is 2. The molecule has 80 valence electrons. The summed E-state index contributed by atoms with van der Waals surface area (Å²) in [5.41, 5.74) is 0.930. The molecule has 1 N–H and O–H groups in total. The van der Waals surface area contributed by atoms with Crippen LogP contribution in [0.4, 0.5) is 5.82 Å². The fourth-order valence-corrected chi connectivity index (χ4v) is 1.64. The quantitative estimate of drug-likeness (QED) is 0.745. The zero-order chi connectivity index (χ0) is 11.0. The van der Waals surface area contributed by atoms with E-state index in [4.69, 9.17) is 0 Å². The van der Waals surface area contributed by atoms with Gasteiger partial charge >= 0.3 is 0 Å². The zero-order valence-electron chi connectivity index (χ0n) is 8.78. The highest BCUT2D eigenvalue weighted by molar-refractivity contribution is 6.09. The summed E-state index contributed by atoms with van der Waals surface area (Å²) in [6.07, 6.45) is 2.49. The van der Waals surface area contributed by atoms with Gasteiger partial charge in [-0.3, -0.25) is 9.59 Å². The number of carbonyl (C=O) groups is 2. The Hall–Kier alpha value is -1.65. The van der Waals surface area contributed by atoms with Gasteiger partial charge in [0.2, 0.25) is 5.91 Å². The lowest BCUT2D eigenvalue weighted by Gasteiger charge is -2.16. The van der Waals surface area contributed by atoms with Crippen molar-refractivity contribution < 1.29 is 9.59 Å². The van der Waals surface area contributed by atoms with Crippen LogP contribution in [0.3, 0.4) is 0 Å². The van der Waals surface area contributed by atoms with Crippen LogP contribution in [0.2, 0.25) is 0 Å². The first-order valence-electron chi connectivity index (χ1n) is 5.04. The Morgan fingerprint density at radius 2 is 2.33 bits per heavy atom. The second-order valence-corrected chi connectivity index (χ2v) is 3.79. The van der Waals surface area contributed by atoms with Gasteiger partial charge in [-0.15, -0.1) is 0 Å². The van der Waals surface area contributed by atoms with Crippen molar-refractivity contribution in [3.05, 3.63) is 11.8 Å². The van der Waals surface area contributed by atoms with Gasteiger partial charge < -0.3 is 5.32 Å². The summed E-state index contributed by atoms with van der Waals surface area (Å²) in [6.45, 7) is 4.10. The largest absolute Gasteiger partial charge is 0.310 e. The van der Waals surface area contributed by atoms with Crippen LogP contribution < -0.4 is 5.32 Å². The van der Waals surface area contributed by atoms with Crippen molar-refractivity contribution in [1.29, 1.82) is 0 Å². The smallest absolute Gasteiger partial charge is 0.258 e. The van der Waals surface area contributed by atoms with E-state index in [1.165, 1.54) is 4.68 Å². The number of rotatable bonds is 2. The van der Waals surface area contributed by atoms with Gasteiger partial charge in [0.25, 0.3) is 5.91 Å². The van der Waals surface area contributed by atoms with E-state index in [9.17, 15) is 9.59 Å². The van der Waals surface area contributed by atoms with Crippen molar-refractivity contribution in [1.82, 2.24) is 9.78 Å². The Labute approximate surface area is 87.5 Å². The first-order valence-corrected chi connectivity index (χ1v) is 5.04. The summed E-state index contributed by atoms with van der Waals surface area (Å²) in [6, 6.07) is 0. The van der Waals surface area contributed by atoms with E-state index >= 15 is 0 Å². The lowest BCUT2D eigenvalue weighted by Crippen LogP contribution is -2.30. The number of fused-ring (bicyclic) bond motifs is 1. The number of anilines is 1. The van der Waals surface area contributed by atoms with Crippen molar-refractivity contribution >= 4 is 17.6 Å². The lowest BCUT2D eigenvalue weighted by molar-refractivity contribution is -0.115. The van der Waals surface area contributed by atoms with Crippen LogP contribution in [0, 0.1) is 0 Å². The molecule has 2 heterocycles. The molecule has 0 saturated carbocycles. The normalized spacial score (nSPS) is 17.2. The minimum absolute atomic E-state index is 0.116. The standard InChI is InChI=1S/C10H13N3O2/c1-3-6(2)7-5-11-13-9(15)4-8(14)12-10(7)13/h5-6H,3-4H2,1-2H3,(H,12,14).